The van der Waals surface area contributed by atoms with Gasteiger partial charge < -0.3 is 10.4 Å². The van der Waals surface area contributed by atoms with Crippen LogP contribution >= 0.6 is 11.5 Å². The van der Waals surface area contributed by atoms with Crippen LogP contribution in [0, 0.1) is 6.92 Å². The molecule has 0 spiro atoms. The number of phenolic OH excluding ortho intramolecular Hbond substituents is 1. The summed E-state index contributed by atoms with van der Waals surface area (Å²) in [7, 11) is 0. The van der Waals surface area contributed by atoms with Crippen molar-refractivity contribution in [1.82, 2.24) is 9.59 Å². The molecule has 2 N–H and O–H groups in total. The van der Waals surface area contributed by atoms with E-state index in [1.54, 1.807) is 25.1 Å². The maximum Gasteiger partial charge on any atom is 0.269 e. The Balaban J connectivity index is 2.24. The van der Waals surface area contributed by atoms with Crippen molar-refractivity contribution in [3.8, 4) is 5.75 Å². The van der Waals surface area contributed by atoms with E-state index in [-0.39, 0.29) is 11.7 Å². The first-order chi connectivity index (χ1) is 8.63. The lowest BCUT2D eigenvalue weighted by Crippen LogP contribution is -2.13. The van der Waals surface area contributed by atoms with Crippen LogP contribution in [0.25, 0.3) is 0 Å². The molecule has 0 atom stereocenters. The molecule has 0 aliphatic carbocycles. The number of nitrogens with one attached hydrogen (secondary N) is 1. The molecule has 0 aliphatic rings. The average molecular weight is 263 g/mol. The Labute approximate surface area is 109 Å². The van der Waals surface area contributed by atoms with E-state index in [0.29, 0.717) is 28.2 Å². The summed E-state index contributed by atoms with van der Waals surface area (Å²) in [5, 5.41) is 16.2. The zero-order chi connectivity index (χ0) is 13.1. The van der Waals surface area contributed by atoms with E-state index in [4.69, 9.17) is 0 Å². The largest absolute Gasteiger partial charge is 0.508 e. The molecule has 1 heterocycles. The number of nitrogens with zero attached hydrogens (tertiary/aromatic N) is 2. The van der Waals surface area contributed by atoms with Gasteiger partial charge in [0.25, 0.3) is 5.91 Å². The number of benzene rings is 1. The molecule has 94 valence electrons. The predicted molar refractivity (Wildman–Crippen MR) is 70.1 cm³/mol. The molecule has 18 heavy (non-hydrogen) atoms. The van der Waals surface area contributed by atoms with Crippen molar-refractivity contribution in [3.05, 3.63) is 34.3 Å². The standard InChI is InChI=1S/C12H13N3O2S/c1-3-8-11(18-15-14-8)12(17)13-9-5-4-6-10(16)7(9)2/h4-6,16H,3H2,1-2H3,(H,13,17). The van der Waals surface area contributed by atoms with Gasteiger partial charge in [0.05, 0.1) is 5.69 Å². The van der Waals surface area contributed by atoms with Crippen molar-refractivity contribution in [1.29, 1.82) is 0 Å². The Morgan fingerprint density at radius 3 is 3.00 bits per heavy atom. The number of aromatic hydroxyl groups is 1. The smallest absolute Gasteiger partial charge is 0.269 e. The van der Waals surface area contributed by atoms with Crippen molar-refractivity contribution in [3.63, 3.8) is 0 Å². The van der Waals surface area contributed by atoms with Crippen LogP contribution < -0.4 is 5.32 Å². The van der Waals surface area contributed by atoms with Crippen LogP contribution in [0.5, 0.6) is 5.75 Å². The lowest BCUT2D eigenvalue weighted by atomic mass is 10.1. The third-order valence-electron chi connectivity index (χ3n) is 2.65. The van der Waals surface area contributed by atoms with E-state index in [2.05, 4.69) is 14.9 Å². The first kappa shape index (κ1) is 12.5. The Hall–Kier alpha value is -1.95. The van der Waals surface area contributed by atoms with Gasteiger partial charge in [-0.15, -0.1) is 5.10 Å². The molecule has 1 aromatic heterocycles. The molecule has 1 aromatic carbocycles. The lowest BCUT2D eigenvalue weighted by molar-refractivity contribution is 0.102. The molecule has 0 aliphatic heterocycles. The third-order valence-corrected chi connectivity index (χ3v) is 3.42. The second-order valence-corrected chi connectivity index (χ2v) is 4.56. The molecule has 6 heteroatoms. The third kappa shape index (κ3) is 2.33. The Morgan fingerprint density at radius 1 is 1.50 bits per heavy atom. The van der Waals surface area contributed by atoms with E-state index in [1.807, 2.05) is 6.92 Å². The summed E-state index contributed by atoms with van der Waals surface area (Å²) >= 11 is 1.08. The van der Waals surface area contributed by atoms with Crippen LogP contribution in [0.4, 0.5) is 5.69 Å². The van der Waals surface area contributed by atoms with Crippen molar-refractivity contribution in [2.45, 2.75) is 20.3 Å². The highest BCUT2D eigenvalue weighted by Gasteiger charge is 2.16. The molecule has 0 unspecified atom stereocenters. The van der Waals surface area contributed by atoms with Gasteiger partial charge in [-0.05, 0) is 37.0 Å². The molecule has 0 fully saturated rings. The SMILES string of the molecule is CCc1nnsc1C(=O)Nc1cccc(O)c1C. The summed E-state index contributed by atoms with van der Waals surface area (Å²) in [4.78, 5) is 12.6. The monoisotopic (exact) mass is 263 g/mol. The van der Waals surface area contributed by atoms with E-state index in [1.165, 1.54) is 0 Å². The zero-order valence-electron chi connectivity index (χ0n) is 10.1. The van der Waals surface area contributed by atoms with E-state index in [9.17, 15) is 9.90 Å². The summed E-state index contributed by atoms with van der Waals surface area (Å²) in [6, 6.07) is 5.01. The maximum absolute atomic E-state index is 12.1. The Bertz CT molecular complexity index is 580. The van der Waals surface area contributed by atoms with Crippen molar-refractivity contribution in [2.75, 3.05) is 5.32 Å². The second kappa shape index (κ2) is 5.14. The van der Waals surface area contributed by atoms with Crippen LogP contribution in [-0.2, 0) is 6.42 Å². The van der Waals surface area contributed by atoms with E-state index >= 15 is 0 Å². The number of hydrogen-bond acceptors (Lipinski definition) is 5. The van der Waals surface area contributed by atoms with Crippen LogP contribution in [0.3, 0.4) is 0 Å². The molecular weight excluding hydrogens is 250 g/mol. The highest BCUT2D eigenvalue weighted by atomic mass is 32.1. The van der Waals surface area contributed by atoms with Gasteiger partial charge in [-0.2, -0.15) is 0 Å². The summed E-state index contributed by atoms with van der Waals surface area (Å²) in [5.74, 6) is -0.0819. The molecule has 0 radical (unpaired) electrons. The zero-order valence-corrected chi connectivity index (χ0v) is 10.9. The fourth-order valence-corrected chi connectivity index (χ4v) is 2.20. The highest BCUT2D eigenvalue weighted by Crippen LogP contribution is 2.25. The number of aromatic nitrogens is 2. The molecule has 5 nitrogen and oxygen atoms in total. The van der Waals surface area contributed by atoms with Gasteiger partial charge in [0.2, 0.25) is 0 Å². The number of carbonyl (C=O) groups excluding carboxylic acids is 1. The van der Waals surface area contributed by atoms with Crippen LogP contribution in [0.2, 0.25) is 0 Å². The van der Waals surface area contributed by atoms with Gasteiger partial charge in [0.1, 0.15) is 10.6 Å². The van der Waals surface area contributed by atoms with Crippen molar-refractivity contribution >= 4 is 23.1 Å². The minimum atomic E-state index is -0.240. The van der Waals surface area contributed by atoms with Gasteiger partial charge in [0.15, 0.2) is 0 Å². The fourth-order valence-electron chi connectivity index (χ4n) is 1.55. The van der Waals surface area contributed by atoms with Gasteiger partial charge in [0, 0.05) is 11.3 Å². The summed E-state index contributed by atoms with van der Waals surface area (Å²) in [6.45, 7) is 3.67. The molecule has 0 bridgehead atoms. The van der Waals surface area contributed by atoms with Crippen LogP contribution in [0.15, 0.2) is 18.2 Å². The van der Waals surface area contributed by atoms with Gasteiger partial charge in [-0.25, -0.2) is 0 Å². The predicted octanol–water partition coefficient (Wildman–Crippen LogP) is 2.37. The fraction of sp³-hybridized carbons (Fsp3) is 0.250. The van der Waals surface area contributed by atoms with Crippen LogP contribution in [0.1, 0.15) is 27.9 Å². The van der Waals surface area contributed by atoms with Gasteiger partial charge in [-0.3, -0.25) is 4.79 Å². The number of hydrogen-bond donors (Lipinski definition) is 2. The number of phenols is 1. The Kier molecular flexibility index (Phi) is 3.57. The topological polar surface area (TPSA) is 75.1 Å². The van der Waals surface area contributed by atoms with Crippen LogP contribution in [-0.4, -0.2) is 20.6 Å². The van der Waals surface area contributed by atoms with E-state index < -0.39 is 0 Å². The summed E-state index contributed by atoms with van der Waals surface area (Å²) in [5.41, 5.74) is 1.92. The quantitative estimate of drug-likeness (QED) is 0.891. The first-order valence-electron chi connectivity index (χ1n) is 5.54. The molecular formula is C12H13N3O2S. The number of rotatable bonds is 3. The number of aryl methyl sites for hydroxylation is 1. The number of anilines is 1. The second-order valence-electron chi connectivity index (χ2n) is 3.81. The average Bonchev–Trinajstić information content (AvgIpc) is 2.83. The highest BCUT2D eigenvalue weighted by molar-refractivity contribution is 7.08. The molecule has 2 rings (SSSR count). The lowest BCUT2D eigenvalue weighted by Gasteiger charge is -2.08. The summed E-state index contributed by atoms with van der Waals surface area (Å²) in [6.07, 6.45) is 0.665. The van der Waals surface area contributed by atoms with Gasteiger partial charge >= 0.3 is 0 Å². The van der Waals surface area contributed by atoms with Crippen molar-refractivity contribution in [2.24, 2.45) is 0 Å². The minimum Gasteiger partial charge on any atom is -0.508 e. The normalized spacial score (nSPS) is 10.3. The minimum absolute atomic E-state index is 0.158. The summed E-state index contributed by atoms with van der Waals surface area (Å²) < 4.78 is 3.78. The first-order valence-corrected chi connectivity index (χ1v) is 6.32. The number of carbonyl (C=O) groups is 1. The van der Waals surface area contributed by atoms with Gasteiger partial charge in [-0.1, -0.05) is 17.5 Å². The molecule has 0 saturated heterocycles. The Morgan fingerprint density at radius 2 is 2.28 bits per heavy atom. The molecule has 1 amide bonds. The molecule has 0 saturated carbocycles. The number of amides is 1. The maximum atomic E-state index is 12.1. The van der Waals surface area contributed by atoms with E-state index in [0.717, 1.165) is 11.5 Å². The molecule has 2 aromatic rings. The van der Waals surface area contributed by atoms with Crippen molar-refractivity contribution < 1.29 is 9.90 Å².